The van der Waals surface area contributed by atoms with Gasteiger partial charge in [0.05, 0.1) is 20.7 Å². The number of benzene rings is 3. The Bertz CT molecular complexity index is 1260. The quantitative estimate of drug-likeness (QED) is 0.471. The van der Waals surface area contributed by atoms with Crippen molar-refractivity contribution in [2.45, 2.75) is 37.8 Å². The standard InChI is InChI=1S/C22H21F2O4S3/c1-15-10-16(22(23)24)12-19(11-15)29(17-6-4-8-20(13-17)30(2,25)26)18-7-5-9-21(14-18)31(3,27)28/h4-14,22H,1-3H3/q+1. The van der Waals surface area contributed by atoms with Gasteiger partial charge in [-0.3, -0.25) is 0 Å². The number of hydrogen-bond donors (Lipinski definition) is 0. The fourth-order valence-corrected chi connectivity index (χ4v) is 6.87. The van der Waals surface area contributed by atoms with Crippen molar-refractivity contribution in [1.29, 1.82) is 0 Å². The second-order valence-corrected chi connectivity index (χ2v) is 13.2. The van der Waals surface area contributed by atoms with Crippen molar-refractivity contribution in [3.05, 3.63) is 77.9 Å². The molecule has 31 heavy (non-hydrogen) atoms. The number of rotatable bonds is 6. The van der Waals surface area contributed by atoms with E-state index in [-0.39, 0.29) is 15.4 Å². The van der Waals surface area contributed by atoms with Gasteiger partial charge in [-0.25, -0.2) is 25.6 Å². The number of aryl methyl sites for hydroxylation is 1. The lowest BCUT2D eigenvalue weighted by atomic mass is 10.1. The van der Waals surface area contributed by atoms with E-state index in [9.17, 15) is 25.6 Å². The van der Waals surface area contributed by atoms with Crippen LogP contribution in [0.5, 0.6) is 0 Å². The molecule has 0 saturated carbocycles. The van der Waals surface area contributed by atoms with Gasteiger partial charge in [0.1, 0.15) is 0 Å². The predicted octanol–water partition coefficient (Wildman–Crippen LogP) is 4.84. The van der Waals surface area contributed by atoms with Gasteiger partial charge < -0.3 is 0 Å². The van der Waals surface area contributed by atoms with Crippen LogP contribution >= 0.6 is 0 Å². The zero-order chi connectivity index (χ0) is 23.0. The first-order chi connectivity index (χ1) is 14.4. The predicted molar refractivity (Wildman–Crippen MR) is 117 cm³/mol. The van der Waals surface area contributed by atoms with E-state index >= 15 is 0 Å². The summed E-state index contributed by atoms with van der Waals surface area (Å²) >= 11 is 0. The van der Waals surface area contributed by atoms with Crippen LogP contribution in [-0.2, 0) is 30.6 Å². The largest absolute Gasteiger partial charge is 0.264 e. The van der Waals surface area contributed by atoms with E-state index in [0.29, 0.717) is 20.2 Å². The SMILES string of the molecule is Cc1cc(C(F)F)cc([S+](c2cccc(S(C)(=O)=O)c2)c2cccc(S(C)(=O)=O)c2)c1. The topological polar surface area (TPSA) is 68.3 Å². The van der Waals surface area contributed by atoms with Crippen molar-refractivity contribution in [2.75, 3.05) is 12.5 Å². The minimum Gasteiger partial charge on any atom is -0.224 e. The minimum atomic E-state index is -3.50. The normalized spacial score (nSPS) is 12.5. The van der Waals surface area contributed by atoms with E-state index < -0.39 is 37.0 Å². The Labute approximate surface area is 184 Å². The molecule has 0 aromatic heterocycles. The van der Waals surface area contributed by atoms with Crippen LogP contribution in [0, 0.1) is 6.92 Å². The summed E-state index contributed by atoms with van der Waals surface area (Å²) in [6, 6.07) is 17.1. The Morgan fingerprint density at radius 3 is 1.61 bits per heavy atom. The maximum absolute atomic E-state index is 13.5. The molecule has 0 heterocycles. The minimum absolute atomic E-state index is 0.100. The van der Waals surface area contributed by atoms with Crippen LogP contribution in [0.4, 0.5) is 8.78 Å². The summed E-state index contributed by atoms with van der Waals surface area (Å²) in [5.41, 5.74) is 0.481. The van der Waals surface area contributed by atoms with Crippen molar-refractivity contribution in [3.8, 4) is 0 Å². The molecule has 0 atom stereocenters. The Morgan fingerprint density at radius 1 is 0.710 bits per heavy atom. The van der Waals surface area contributed by atoms with E-state index in [2.05, 4.69) is 0 Å². The third-order valence-corrected chi connectivity index (χ3v) is 8.88. The molecule has 0 unspecified atom stereocenters. The van der Waals surface area contributed by atoms with Gasteiger partial charge in [0, 0.05) is 36.3 Å². The summed E-state index contributed by atoms with van der Waals surface area (Å²) in [5.74, 6) is 0. The molecule has 0 N–H and O–H groups in total. The molecule has 9 heteroatoms. The fourth-order valence-electron chi connectivity index (χ4n) is 3.09. The van der Waals surface area contributed by atoms with Crippen molar-refractivity contribution in [3.63, 3.8) is 0 Å². The molecule has 0 spiro atoms. The van der Waals surface area contributed by atoms with Gasteiger partial charge in [-0.05, 0) is 42.8 Å². The average molecular weight is 484 g/mol. The fraction of sp³-hybridized carbons (Fsp3) is 0.182. The van der Waals surface area contributed by atoms with Crippen LogP contribution in [0.1, 0.15) is 17.6 Å². The molecule has 0 amide bonds. The van der Waals surface area contributed by atoms with Gasteiger partial charge in [0.2, 0.25) is 0 Å². The maximum Gasteiger partial charge on any atom is 0.264 e. The highest BCUT2D eigenvalue weighted by Gasteiger charge is 2.32. The first-order valence-electron chi connectivity index (χ1n) is 9.10. The van der Waals surface area contributed by atoms with Crippen LogP contribution in [0.15, 0.2) is 91.2 Å². The van der Waals surface area contributed by atoms with Crippen LogP contribution < -0.4 is 0 Å². The molecule has 3 aromatic carbocycles. The smallest absolute Gasteiger partial charge is 0.224 e. The van der Waals surface area contributed by atoms with Gasteiger partial charge >= 0.3 is 0 Å². The molecule has 3 rings (SSSR count). The second kappa shape index (κ2) is 8.72. The van der Waals surface area contributed by atoms with Gasteiger partial charge in [0.15, 0.2) is 34.4 Å². The molecular weight excluding hydrogens is 462 g/mol. The highest BCUT2D eigenvalue weighted by molar-refractivity contribution is 7.97. The summed E-state index contributed by atoms with van der Waals surface area (Å²) in [6.07, 6.45) is -0.486. The van der Waals surface area contributed by atoms with Gasteiger partial charge in [-0.15, -0.1) is 0 Å². The summed E-state index contributed by atoms with van der Waals surface area (Å²) in [6.45, 7) is 1.71. The third-order valence-electron chi connectivity index (χ3n) is 4.50. The zero-order valence-electron chi connectivity index (χ0n) is 17.0. The zero-order valence-corrected chi connectivity index (χ0v) is 19.5. The lowest BCUT2D eigenvalue weighted by Crippen LogP contribution is -2.09. The van der Waals surface area contributed by atoms with Crippen molar-refractivity contribution in [2.24, 2.45) is 0 Å². The number of alkyl halides is 2. The second-order valence-electron chi connectivity index (χ2n) is 7.18. The molecule has 4 nitrogen and oxygen atoms in total. The molecule has 3 aromatic rings. The van der Waals surface area contributed by atoms with Crippen LogP contribution in [0.3, 0.4) is 0 Å². The first-order valence-corrected chi connectivity index (χ1v) is 14.1. The van der Waals surface area contributed by atoms with Gasteiger partial charge in [0.25, 0.3) is 6.43 Å². The molecule has 0 aliphatic rings. The van der Waals surface area contributed by atoms with Crippen molar-refractivity contribution in [1.82, 2.24) is 0 Å². The van der Waals surface area contributed by atoms with E-state index in [1.807, 2.05) is 0 Å². The molecule has 0 saturated heterocycles. The molecule has 0 radical (unpaired) electrons. The molecular formula is C22H21F2O4S3+. The summed E-state index contributed by atoms with van der Waals surface area (Å²) in [4.78, 5) is 1.91. The Balaban J connectivity index is 2.31. The van der Waals surface area contributed by atoms with E-state index in [1.165, 1.54) is 36.4 Å². The maximum atomic E-state index is 13.5. The van der Waals surface area contributed by atoms with Gasteiger partial charge in [-0.1, -0.05) is 18.2 Å². The van der Waals surface area contributed by atoms with Gasteiger partial charge in [-0.2, -0.15) is 0 Å². The first kappa shape index (κ1) is 23.4. The number of halogens is 2. The summed E-state index contributed by atoms with van der Waals surface area (Å²) in [7, 11) is -8.00. The van der Waals surface area contributed by atoms with Crippen LogP contribution in [0.2, 0.25) is 0 Å². The van der Waals surface area contributed by atoms with Crippen LogP contribution in [0.25, 0.3) is 0 Å². The number of sulfone groups is 2. The Kier molecular flexibility index (Phi) is 6.59. The average Bonchev–Trinajstić information content (AvgIpc) is 2.67. The summed E-state index contributed by atoms with van der Waals surface area (Å²) in [5, 5.41) is 0. The van der Waals surface area contributed by atoms with Crippen molar-refractivity contribution < 1.29 is 25.6 Å². The van der Waals surface area contributed by atoms with E-state index in [1.54, 1.807) is 37.3 Å². The highest BCUT2D eigenvalue weighted by atomic mass is 32.2. The molecule has 0 aliphatic heterocycles. The summed E-state index contributed by atoms with van der Waals surface area (Å²) < 4.78 is 75.3. The molecule has 0 aliphatic carbocycles. The number of hydrogen-bond acceptors (Lipinski definition) is 4. The van der Waals surface area contributed by atoms with E-state index in [4.69, 9.17) is 0 Å². The lowest BCUT2D eigenvalue weighted by molar-refractivity contribution is 0.151. The molecule has 164 valence electrons. The molecule has 0 bridgehead atoms. The molecule has 0 fully saturated rings. The van der Waals surface area contributed by atoms with Crippen LogP contribution in [-0.4, -0.2) is 29.3 Å². The third kappa shape index (κ3) is 5.53. The lowest BCUT2D eigenvalue weighted by Gasteiger charge is -2.12. The van der Waals surface area contributed by atoms with Crippen molar-refractivity contribution >= 4 is 30.6 Å². The monoisotopic (exact) mass is 483 g/mol. The Hall–Kier alpha value is -2.23. The van der Waals surface area contributed by atoms with E-state index in [0.717, 1.165) is 12.5 Å². The Morgan fingerprint density at radius 2 is 1.19 bits per heavy atom. The highest BCUT2D eigenvalue weighted by Crippen LogP contribution is 2.35.